The van der Waals surface area contributed by atoms with Gasteiger partial charge in [0.05, 0.1) is 5.75 Å². The van der Waals surface area contributed by atoms with Gasteiger partial charge in [-0.3, -0.25) is 0 Å². The Labute approximate surface area is 121 Å². The van der Waals surface area contributed by atoms with E-state index in [0.717, 1.165) is 0 Å². The van der Waals surface area contributed by atoms with Crippen LogP contribution in [0.4, 0.5) is 4.79 Å². The summed E-state index contributed by atoms with van der Waals surface area (Å²) in [7, 11) is -2.96. The number of nitrogens with one attached hydrogen (secondary N) is 2. The maximum atomic E-state index is 11.3. The van der Waals surface area contributed by atoms with Crippen molar-refractivity contribution in [1.82, 2.24) is 10.6 Å². The minimum atomic E-state index is -2.96. The number of rotatable bonds is 7. The first-order chi connectivity index (χ1) is 8.99. The van der Waals surface area contributed by atoms with E-state index in [1.165, 1.54) is 6.26 Å². The van der Waals surface area contributed by atoms with Crippen molar-refractivity contribution in [2.45, 2.75) is 39.3 Å². The molecule has 6 nitrogen and oxygen atoms in total. The Morgan fingerprint density at radius 2 is 1.80 bits per heavy atom. The summed E-state index contributed by atoms with van der Waals surface area (Å²) in [5, 5.41) is 5.65. The van der Waals surface area contributed by atoms with Gasteiger partial charge in [0.25, 0.3) is 0 Å². The second-order valence-corrected chi connectivity index (χ2v) is 7.94. The number of sulfone groups is 1. The summed E-state index contributed by atoms with van der Waals surface area (Å²) in [5.74, 6) is 0.108. The van der Waals surface area contributed by atoms with Crippen LogP contribution in [0.3, 0.4) is 0 Å². The third kappa shape index (κ3) is 13.4. The smallest absolute Gasteiger partial charge is 0.407 e. The fourth-order valence-electron chi connectivity index (χ4n) is 1.41. The summed E-state index contributed by atoms with van der Waals surface area (Å²) in [6, 6.07) is -0.103. The molecule has 0 spiro atoms. The molecule has 20 heavy (non-hydrogen) atoms. The number of carbonyl (C=O) groups excluding carboxylic acids is 1. The highest BCUT2D eigenvalue weighted by Gasteiger charge is 2.14. The molecule has 1 atom stereocenters. The third-order valence-corrected chi connectivity index (χ3v) is 3.17. The number of alkyl carbamates (subject to hydrolysis) is 1. The third-order valence-electron chi connectivity index (χ3n) is 2.07. The number of carbonyl (C=O) groups is 1. The van der Waals surface area contributed by atoms with E-state index in [1.54, 1.807) is 26.8 Å². The van der Waals surface area contributed by atoms with Gasteiger partial charge in [0, 0.05) is 25.4 Å². The quantitative estimate of drug-likeness (QED) is 0.688. The highest BCUT2D eigenvalue weighted by atomic mass is 32.2. The maximum absolute atomic E-state index is 11.3. The molecule has 118 valence electrons. The molecule has 0 radical (unpaired) electrons. The van der Waals surface area contributed by atoms with Crippen LogP contribution in [0.5, 0.6) is 0 Å². The van der Waals surface area contributed by atoms with Gasteiger partial charge in [0.2, 0.25) is 0 Å². The Kier molecular flexibility index (Phi) is 7.82. The van der Waals surface area contributed by atoms with E-state index in [-0.39, 0.29) is 11.8 Å². The van der Waals surface area contributed by atoms with Gasteiger partial charge in [-0.05, 0) is 27.7 Å². The topological polar surface area (TPSA) is 84.5 Å². The Hall–Kier alpha value is -1.08. The normalized spacial score (nSPS) is 14.2. The second-order valence-electron chi connectivity index (χ2n) is 5.76. The molecule has 1 unspecified atom stereocenters. The lowest BCUT2D eigenvalue weighted by molar-refractivity contribution is 0.0534. The zero-order chi connectivity index (χ0) is 15.8. The number of amides is 1. The summed E-state index contributed by atoms with van der Waals surface area (Å²) in [4.78, 5) is 11.3. The monoisotopic (exact) mass is 306 g/mol. The molecule has 0 saturated carbocycles. The molecule has 0 aromatic rings. The summed E-state index contributed by atoms with van der Waals surface area (Å²) >= 11 is 0. The predicted molar refractivity (Wildman–Crippen MR) is 80.6 cm³/mol. The number of ether oxygens (including phenoxy) is 1. The van der Waals surface area contributed by atoms with Crippen LogP contribution >= 0.6 is 0 Å². The highest BCUT2D eigenvalue weighted by molar-refractivity contribution is 7.90. The minimum Gasteiger partial charge on any atom is -0.444 e. The van der Waals surface area contributed by atoms with Gasteiger partial charge in [-0.1, -0.05) is 12.2 Å². The highest BCUT2D eigenvalue weighted by Crippen LogP contribution is 2.05. The standard InChI is InChI=1S/C13H26N2O4S/c1-11(10-20(5,17)18)14-8-6-7-9-15-12(16)19-13(2,3)4/h6-7,11,14H,8-10H2,1-5H3,(H,15,16)/b7-6+. The molecule has 0 aromatic carbocycles. The van der Waals surface area contributed by atoms with Crippen LogP contribution in [0.2, 0.25) is 0 Å². The lowest BCUT2D eigenvalue weighted by atomic mass is 10.2. The van der Waals surface area contributed by atoms with Gasteiger partial charge in [0.15, 0.2) is 0 Å². The molecular weight excluding hydrogens is 280 g/mol. The van der Waals surface area contributed by atoms with Crippen molar-refractivity contribution in [1.29, 1.82) is 0 Å². The van der Waals surface area contributed by atoms with Crippen LogP contribution in [0.25, 0.3) is 0 Å². The molecule has 0 aliphatic rings. The van der Waals surface area contributed by atoms with Crippen molar-refractivity contribution >= 4 is 15.9 Å². The SMILES string of the molecule is CC(CS(C)(=O)=O)NC/C=C/CNC(=O)OC(C)(C)C. The Morgan fingerprint density at radius 3 is 2.30 bits per heavy atom. The van der Waals surface area contributed by atoms with Crippen molar-refractivity contribution in [3.63, 3.8) is 0 Å². The van der Waals surface area contributed by atoms with Gasteiger partial charge in [0.1, 0.15) is 15.4 Å². The van der Waals surface area contributed by atoms with E-state index >= 15 is 0 Å². The average Bonchev–Trinajstić information content (AvgIpc) is 2.17. The van der Waals surface area contributed by atoms with E-state index in [9.17, 15) is 13.2 Å². The average molecular weight is 306 g/mol. The Bertz CT molecular complexity index is 424. The van der Waals surface area contributed by atoms with Crippen molar-refractivity contribution < 1.29 is 17.9 Å². The fraction of sp³-hybridized carbons (Fsp3) is 0.769. The summed E-state index contributed by atoms with van der Waals surface area (Å²) < 4.78 is 27.2. The zero-order valence-electron chi connectivity index (χ0n) is 12.9. The largest absolute Gasteiger partial charge is 0.444 e. The van der Waals surface area contributed by atoms with Crippen LogP contribution < -0.4 is 10.6 Å². The van der Waals surface area contributed by atoms with Crippen molar-refractivity contribution in [2.75, 3.05) is 25.1 Å². The predicted octanol–water partition coefficient (Wildman–Crippen LogP) is 1.09. The lowest BCUT2D eigenvalue weighted by Gasteiger charge is -2.19. The lowest BCUT2D eigenvalue weighted by Crippen LogP contribution is -2.33. The van der Waals surface area contributed by atoms with E-state index in [0.29, 0.717) is 13.1 Å². The van der Waals surface area contributed by atoms with Gasteiger partial charge in [-0.15, -0.1) is 0 Å². The van der Waals surface area contributed by atoms with Gasteiger partial charge in [-0.2, -0.15) is 0 Å². The summed E-state index contributed by atoms with van der Waals surface area (Å²) in [6.07, 6.45) is 4.37. The molecular formula is C13H26N2O4S. The zero-order valence-corrected chi connectivity index (χ0v) is 13.7. The van der Waals surface area contributed by atoms with E-state index in [4.69, 9.17) is 4.74 Å². The Morgan fingerprint density at radius 1 is 1.25 bits per heavy atom. The Balaban J connectivity index is 3.76. The molecule has 1 amide bonds. The molecule has 7 heteroatoms. The van der Waals surface area contributed by atoms with Gasteiger partial charge >= 0.3 is 6.09 Å². The van der Waals surface area contributed by atoms with Crippen LogP contribution in [-0.2, 0) is 14.6 Å². The first-order valence-corrected chi connectivity index (χ1v) is 8.58. The second kappa shape index (κ2) is 8.26. The first-order valence-electron chi connectivity index (χ1n) is 6.52. The van der Waals surface area contributed by atoms with Crippen LogP contribution in [0, 0.1) is 0 Å². The van der Waals surface area contributed by atoms with E-state index < -0.39 is 21.5 Å². The van der Waals surface area contributed by atoms with Crippen molar-refractivity contribution in [3.8, 4) is 0 Å². The van der Waals surface area contributed by atoms with E-state index in [2.05, 4.69) is 10.6 Å². The van der Waals surface area contributed by atoms with Gasteiger partial charge in [-0.25, -0.2) is 13.2 Å². The first kappa shape index (κ1) is 18.9. The molecule has 0 aliphatic heterocycles. The number of hydrogen-bond donors (Lipinski definition) is 2. The van der Waals surface area contributed by atoms with Crippen molar-refractivity contribution in [2.24, 2.45) is 0 Å². The molecule has 0 aromatic heterocycles. The number of hydrogen-bond acceptors (Lipinski definition) is 5. The van der Waals surface area contributed by atoms with Crippen molar-refractivity contribution in [3.05, 3.63) is 12.2 Å². The van der Waals surface area contributed by atoms with Crippen LogP contribution in [0.15, 0.2) is 12.2 Å². The molecule has 0 saturated heterocycles. The fourth-order valence-corrected chi connectivity index (χ4v) is 2.43. The minimum absolute atomic E-state index is 0.103. The van der Waals surface area contributed by atoms with Crippen LogP contribution in [-0.4, -0.2) is 51.3 Å². The van der Waals surface area contributed by atoms with E-state index in [1.807, 2.05) is 13.0 Å². The molecule has 0 heterocycles. The van der Waals surface area contributed by atoms with Crippen LogP contribution in [0.1, 0.15) is 27.7 Å². The molecule has 0 rings (SSSR count). The molecule has 0 fully saturated rings. The molecule has 0 aliphatic carbocycles. The van der Waals surface area contributed by atoms with Gasteiger partial charge < -0.3 is 15.4 Å². The molecule has 2 N–H and O–H groups in total. The molecule has 0 bridgehead atoms. The maximum Gasteiger partial charge on any atom is 0.407 e. The summed E-state index contributed by atoms with van der Waals surface area (Å²) in [6.45, 7) is 8.14. The summed E-state index contributed by atoms with van der Waals surface area (Å²) in [5.41, 5.74) is -0.504.